The lowest BCUT2D eigenvalue weighted by Crippen LogP contribution is -2.24. The average Bonchev–Trinajstić information content (AvgIpc) is 3.24. The van der Waals surface area contributed by atoms with Crippen molar-refractivity contribution in [1.29, 1.82) is 0 Å². The largest absolute Gasteiger partial charge is 0.342 e. The van der Waals surface area contributed by atoms with Gasteiger partial charge in [0.1, 0.15) is 5.82 Å². The predicted octanol–water partition coefficient (Wildman–Crippen LogP) is 4.24. The summed E-state index contributed by atoms with van der Waals surface area (Å²) < 4.78 is 0. The Labute approximate surface area is 145 Å². The molecule has 1 aromatic heterocycles. The topological polar surface area (TPSA) is 49.0 Å². The number of nitrogens with one attached hydrogen (secondary N) is 1. The molecule has 1 saturated heterocycles. The van der Waals surface area contributed by atoms with Crippen LogP contribution in [0.3, 0.4) is 0 Å². The lowest BCUT2D eigenvalue weighted by molar-refractivity contribution is -0.117. The number of H-pyrrole nitrogens is 1. The molecule has 1 atom stereocenters. The first kappa shape index (κ1) is 14.2. The highest BCUT2D eigenvalue weighted by molar-refractivity contribution is 6.05. The first-order valence-electron chi connectivity index (χ1n) is 8.52. The number of aromatic nitrogens is 2. The number of anilines is 1. The van der Waals surface area contributed by atoms with Gasteiger partial charge >= 0.3 is 0 Å². The molecule has 5 rings (SSSR count). The molecule has 4 aromatic rings. The van der Waals surface area contributed by atoms with Gasteiger partial charge in [-0.05, 0) is 23.6 Å². The summed E-state index contributed by atoms with van der Waals surface area (Å²) in [7, 11) is 0. The quantitative estimate of drug-likeness (QED) is 0.599. The third-order valence-electron chi connectivity index (χ3n) is 4.98. The lowest BCUT2D eigenvalue weighted by Gasteiger charge is -2.18. The minimum Gasteiger partial charge on any atom is -0.342 e. The Morgan fingerprint density at radius 2 is 1.76 bits per heavy atom. The van der Waals surface area contributed by atoms with Crippen molar-refractivity contribution < 1.29 is 4.79 Å². The van der Waals surface area contributed by atoms with Gasteiger partial charge in [-0.15, -0.1) is 0 Å². The van der Waals surface area contributed by atoms with Crippen molar-refractivity contribution >= 4 is 33.4 Å². The fraction of sp³-hybridized carbons (Fsp3) is 0.143. The molecule has 4 nitrogen and oxygen atoms in total. The second-order valence-corrected chi connectivity index (χ2v) is 6.54. The number of nitrogens with zero attached hydrogens (tertiary/aromatic N) is 2. The molecule has 1 fully saturated rings. The van der Waals surface area contributed by atoms with E-state index in [1.807, 2.05) is 53.4 Å². The number of rotatable bonds is 2. The average molecular weight is 327 g/mol. The van der Waals surface area contributed by atoms with Crippen molar-refractivity contribution in [2.45, 2.75) is 12.3 Å². The molecule has 122 valence electrons. The zero-order valence-corrected chi connectivity index (χ0v) is 13.6. The van der Waals surface area contributed by atoms with E-state index >= 15 is 0 Å². The van der Waals surface area contributed by atoms with Crippen molar-refractivity contribution in [1.82, 2.24) is 9.97 Å². The van der Waals surface area contributed by atoms with Crippen LogP contribution < -0.4 is 4.90 Å². The number of fused-ring (bicyclic) bond motifs is 2. The van der Waals surface area contributed by atoms with Crippen LogP contribution >= 0.6 is 0 Å². The highest BCUT2D eigenvalue weighted by atomic mass is 16.2. The van der Waals surface area contributed by atoms with Crippen LogP contribution in [0.5, 0.6) is 0 Å². The molecule has 3 aromatic carbocycles. The van der Waals surface area contributed by atoms with E-state index in [0.717, 1.165) is 33.3 Å². The minimum absolute atomic E-state index is 0.0962. The molecule has 2 heterocycles. The van der Waals surface area contributed by atoms with Gasteiger partial charge in [0.05, 0.1) is 16.7 Å². The molecule has 0 bridgehead atoms. The van der Waals surface area contributed by atoms with Crippen LogP contribution in [0.4, 0.5) is 5.69 Å². The molecular weight excluding hydrogens is 310 g/mol. The fourth-order valence-electron chi connectivity index (χ4n) is 3.73. The molecule has 1 unspecified atom stereocenters. The zero-order chi connectivity index (χ0) is 16.8. The number of imidazole rings is 1. The van der Waals surface area contributed by atoms with Gasteiger partial charge in [-0.1, -0.05) is 48.5 Å². The summed E-state index contributed by atoms with van der Waals surface area (Å²) in [5.41, 5.74) is 2.96. The van der Waals surface area contributed by atoms with E-state index in [1.165, 1.54) is 0 Å². The summed E-state index contributed by atoms with van der Waals surface area (Å²) >= 11 is 0. The van der Waals surface area contributed by atoms with Crippen LogP contribution in [-0.2, 0) is 4.79 Å². The third-order valence-corrected chi connectivity index (χ3v) is 4.98. The predicted molar refractivity (Wildman–Crippen MR) is 99.8 cm³/mol. The number of benzene rings is 3. The summed E-state index contributed by atoms with van der Waals surface area (Å²) in [5.74, 6) is 1.15. The second kappa shape index (κ2) is 5.45. The Bertz CT molecular complexity index is 1060. The van der Waals surface area contributed by atoms with Crippen LogP contribution in [0.2, 0.25) is 0 Å². The number of hydrogen-bond donors (Lipinski definition) is 1. The van der Waals surface area contributed by atoms with Crippen molar-refractivity contribution in [3.05, 3.63) is 72.6 Å². The van der Waals surface area contributed by atoms with E-state index in [4.69, 9.17) is 0 Å². The van der Waals surface area contributed by atoms with E-state index in [-0.39, 0.29) is 11.8 Å². The summed E-state index contributed by atoms with van der Waals surface area (Å²) in [6.45, 7) is 0.659. The first-order chi connectivity index (χ1) is 12.3. The van der Waals surface area contributed by atoms with Crippen LogP contribution in [0.25, 0.3) is 21.8 Å². The van der Waals surface area contributed by atoms with Crippen LogP contribution in [0.15, 0.2) is 66.7 Å². The van der Waals surface area contributed by atoms with Gasteiger partial charge in [0.15, 0.2) is 0 Å². The van der Waals surface area contributed by atoms with Gasteiger partial charge < -0.3 is 9.88 Å². The number of carbonyl (C=O) groups is 1. The molecular formula is C21H17N3O. The zero-order valence-electron chi connectivity index (χ0n) is 13.6. The number of aromatic amines is 1. The summed E-state index contributed by atoms with van der Waals surface area (Å²) in [5, 5.41) is 2.27. The maximum absolute atomic E-state index is 12.7. The minimum atomic E-state index is 0.0962. The second-order valence-electron chi connectivity index (χ2n) is 6.54. The lowest BCUT2D eigenvalue weighted by atomic mass is 10.1. The van der Waals surface area contributed by atoms with Crippen molar-refractivity contribution in [2.75, 3.05) is 11.4 Å². The Balaban J connectivity index is 1.53. The fourth-order valence-corrected chi connectivity index (χ4v) is 3.73. The van der Waals surface area contributed by atoms with Gasteiger partial charge in [0, 0.05) is 24.3 Å². The SMILES string of the molecule is O=C1CC(c2nc3ccccc3[nH]2)CN1c1cccc2ccccc12. The smallest absolute Gasteiger partial charge is 0.227 e. The number of carbonyl (C=O) groups excluding carboxylic acids is 1. The van der Waals surface area contributed by atoms with Gasteiger partial charge in [-0.2, -0.15) is 0 Å². The van der Waals surface area contributed by atoms with Gasteiger partial charge in [0.2, 0.25) is 5.91 Å². The van der Waals surface area contributed by atoms with Gasteiger partial charge in [-0.25, -0.2) is 4.98 Å². The van der Waals surface area contributed by atoms with Crippen LogP contribution in [0, 0.1) is 0 Å². The number of hydrogen-bond acceptors (Lipinski definition) is 2. The third kappa shape index (κ3) is 2.30. The maximum Gasteiger partial charge on any atom is 0.227 e. The normalized spacial score (nSPS) is 17.7. The maximum atomic E-state index is 12.7. The van der Waals surface area contributed by atoms with E-state index in [9.17, 15) is 4.79 Å². The summed E-state index contributed by atoms with van der Waals surface area (Å²) in [4.78, 5) is 22.7. The molecule has 0 aliphatic carbocycles. The van der Waals surface area contributed by atoms with Gasteiger partial charge in [0.25, 0.3) is 0 Å². The highest BCUT2D eigenvalue weighted by Gasteiger charge is 2.34. The van der Waals surface area contributed by atoms with E-state index in [1.54, 1.807) is 0 Å². The van der Waals surface area contributed by atoms with E-state index in [0.29, 0.717) is 13.0 Å². The molecule has 0 spiro atoms. The standard InChI is InChI=1S/C21H17N3O/c25-20-12-15(21-22-17-9-3-4-10-18(17)23-21)13-24(20)19-11-5-7-14-6-1-2-8-16(14)19/h1-11,15H,12-13H2,(H,22,23). The molecule has 4 heteroatoms. The first-order valence-corrected chi connectivity index (χ1v) is 8.52. The molecule has 1 aliphatic rings. The molecule has 1 amide bonds. The van der Waals surface area contributed by atoms with Gasteiger partial charge in [-0.3, -0.25) is 4.79 Å². The van der Waals surface area contributed by atoms with Crippen molar-refractivity contribution in [3.63, 3.8) is 0 Å². The monoisotopic (exact) mass is 327 g/mol. The van der Waals surface area contributed by atoms with Crippen molar-refractivity contribution in [3.8, 4) is 0 Å². The number of amides is 1. The summed E-state index contributed by atoms with van der Waals surface area (Å²) in [6.07, 6.45) is 0.489. The number of para-hydroxylation sites is 2. The Kier molecular flexibility index (Phi) is 3.10. The molecule has 1 N–H and O–H groups in total. The molecule has 0 saturated carbocycles. The highest BCUT2D eigenvalue weighted by Crippen LogP contribution is 2.35. The molecule has 1 aliphatic heterocycles. The van der Waals surface area contributed by atoms with Crippen molar-refractivity contribution in [2.24, 2.45) is 0 Å². The molecule has 0 radical (unpaired) electrons. The van der Waals surface area contributed by atoms with Crippen LogP contribution in [0.1, 0.15) is 18.2 Å². The van der Waals surface area contributed by atoms with E-state index < -0.39 is 0 Å². The summed E-state index contributed by atoms with van der Waals surface area (Å²) in [6, 6.07) is 22.3. The Hall–Kier alpha value is -3.14. The Morgan fingerprint density at radius 1 is 0.960 bits per heavy atom. The Morgan fingerprint density at radius 3 is 2.68 bits per heavy atom. The van der Waals surface area contributed by atoms with E-state index in [2.05, 4.69) is 28.2 Å². The van der Waals surface area contributed by atoms with Crippen LogP contribution in [-0.4, -0.2) is 22.4 Å². The molecule has 25 heavy (non-hydrogen) atoms.